The summed E-state index contributed by atoms with van der Waals surface area (Å²) < 4.78 is 0. The number of hydrogen-bond acceptors (Lipinski definition) is 2. The third-order valence-electron chi connectivity index (χ3n) is 1.67. The molecule has 0 saturated heterocycles. The molecule has 0 aliphatic heterocycles. The minimum Gasteiger partial charge on any atom is -1.00 e. The Morgan fingerprint density at radius 3 is 2.77 bits per heavy atom. The van der Waals surface area contributed by atoms with Gasteiger partial charge in [0.15, 0.2) is 5.75 Å². The summed E-state index contributed by atoms with van der Waals surface area (Å²) in [4.78, 5) is 11.1. The van der Waals surface area contributed by atoms with Gasteiger partial charge in [-0.15, -0.1) is 0 Å². The van der Waals surface area contributed by atoms with Gasteiger partial charge in [0.25, 0.3) is 0 Å². The summed E-state index contributed by atoms with van der Waals surface area (Å²) in [5, 5.41) is 9.06. The van der Waals surface area contributed by atoms with Crippen molar-refractivity contribution in [2.45, 2.75) is 19.8 Å². The molecule has 68 valence electrons. The van der Waals surface area contributed by atoms with Crippen LogP contribution in [0.1, 0.15) is 21.8 Å². The van der Waals surface area contributed by atoms with Crippen molar-refractivity contribution in [2.75, 3.05) is 0 Å². The van der Waals surface area contributed by atoms with E-state index in [4.69, 9.17) is 5.11 Å². The fourth-order valence-electron chi connectivity index (χ4n) is 1.08. The SMILES string of the molecule is CCCc1cccc(O)c(=O)c1.[Ca+2].[H-].[H-]. The zero-order chi connectivity index (χ0) is 8.97. The van der Waals surface area contributed by atoms with Crippen LogP contribution in [-0.4, -0.2) is 42.8 Å². The normalized spacial score (nSPS) is 9.00. The van der Waals surface area contributed by atoms with E-state index >= 15 is 0 Å². The van der Waals surface area contributed by atoms with E-state index in [0.29, 0.717) is 0 Å². The number of rotatable bonds is 2. The molecule has 1 aromatic carbocycles. The Balaban J connectivity index is -0.000000480. The minimum atomic E-state index is -0.302. The van der Waals surface area contributed by atoms with Crippen LogP contribution in [0.2, 0.25) is 0 Å². The molecule has 0 aromatic heterocycles. The number of aryl methyl sites for hydroxylation is 1. The van der Waals surface area contributed by atoms with Crippen LogP contribution >= 0.6 is 0 Å². The summed E-state index contributed by atoms with van der Waals surface area (Å²) in [5.41, 5.74) is 0.672. The van der Waals surface area contributed by atoms with E-state index < -0.39 is 0 Å². The molecule has 1 N–H and O–H groups in total. The first-order valence-electron chi connectivity index (χ1n) is 4.06. The van der Waals surface area contributed by atoms with Gasteiger partial charge in [-0.1, -0.05) is 25.5 Å². The predicted molar refractivity (Wildman–Crippen MR) is 56.3 cm³/mol. The van der Waals surface area contributed by atoms with E-state index in [9.17, 15) is 4.79 Å². The van der Waals surface area contributed by atoms with Crippen molar-refractivity contribution in [3.63, 3.8) is 0 Å². The molecule has 0 atom stereocenters. The molecule has 0 heterocycles. The molecule has 0 unspecified atom stereocenters. The van der Waals surface area contributed by atoms with Gasteiger partial charge in [-0.25, -0.2) is 0 Å². The molecule has 13 heavy (non-hydrogen) atoms. The summed E-state index contributed by atoms with van der Waals surface area (Å²) in [7, 11) is 0. The summed E-state index contributed by atoms with van der Waals surface area (Å²) in [5.74, 6) is -0.183. The van der Waals surface area contributed by atoms with Crippen LogP contribution < -0.4 is 5.43 Å². The molecule has 0 radical (unpaired) electrons. The van der Waals surface area contributed by atoms with Gasteiger partial charge >= 0.3 is 37.7 Å². The van der Waals surface area contributed by atoms with Crippen molar-refractivity contribution in [3.05, 3.63) is 40.1 Å². The quantitative estimate of drug-likeness (QED) is 0.745. The van der Waals surface area contributed by atoms with Gasteiger partial charge < -0.3 is 7.96 Å². The van der Waals surface area contributed by atoms with E-state index in [0.717, 1.165) is 18.4 Å². The Morgan fingerprint density at radius 1 is 1.46 bits per heavy atom. The van der Waals surface area contributed by atoms with Gasteiger partial charge in [0, 0.05) is 0 Å². The molecule has 0 bridgehead atoms. The third-order valence-corrected chi connectivity index (χ3v) is 1.67. The summed E-state index contributed by atoms with van der Waals surface area (Å²) in [6.45, 7) is 2.05. The van der Waals surface area contributed by atoms with Crippen LogP contribution in [0.15, 0.2) is 29.1 Å². The van der Waals surface area contributed by atoms with E-state index in [1.54, 1.807) is 6.07 Å². The average Bonchev–Trinajstić information content (AvgIpc) is 2.16. The van der Waals surface area contributed by atoms with Gasteiger partial charge in [-0.05, 0) is 24.1 Å². The Labute approximate surface area is 111 Å². The molecule has 0 fully saturated rings. The summed E-state index contributed by atoms with van der Waals surface area (Å²) in [6, 6.07) is 6.45. The second-order valence-corrected chi connectivity index (χ2v) is 2.74. The van der Waals surface area contributed by atoms with E-state index in [-0.39, 0.29) is 51.8 Å². The van der Waals surface area contributed by atoms with Crippen molar-refractivity contribution < 1.29 is 7.96 Å². The van der Waals surface area contributed by atoms with Gasteiger partial charge in [-0.2, -0.15) is 0 Å². The Morgan fingerprint density at radius 2 is 2.15 bits per heavy atom. The van der Waals surface area contributed by atoms with Crippen molar-refractivity contribution in [3.8, 4) is 5.75 Å². The second kappa shape index (κ2) is 6.41. The smallest absolute Gasteiger partial charge is 1.00 e. The molecule has 0 saturated carbocycles. The summed E-state index contributed by atoms with van der Waals surface area (Å²) in [6.07, 6.45) is 1.88. The monoisotopic (exact) mass is 206 g/mol. The molecule has 0 spiro atoms. The van der Waals surface area contributed by atoms with Crippen LogP contribution in [0.25, 0.3) is 0 Å². The fourth-order valence-corrected chi connectivity index (χ4v) is 1.08. The molecule has 0 amide bonds. The van der Waals surface area contributed by atoms with Crippen LogP contribution in [0.3, 0.4) is 0 Å². The standard InChI is InChI=1S/C10H12O2.Ca.2H/c1-2-4-8-5-3-6-9(11)10(12)7-8;;;/h3,5-7H,2,4H2,1H3,(H,11,12);;;/q;+2;2*-1. The first-order chi connectivity index (χ1) is 5.74. The first kappa shape index (κ1) is 12.9. The van der Waals surface area contributed by atoms with Gasteiger partial charge in [0.05, 0.1) is 0 Å². The number of aromatic hydroxyl groups is 1. The van der Waals surface area contributed by atoms with E-state index in [2.05, 4.69) is 6.92 Å². The van der Waals surface area contributed by atoms with Crippen LogP contribution in [0, 0.1) is 0 Å². The predicted octanol–water partition coefficient (Wildman–Crippen LogP) is 1.55. The first-order valence-corrected chi connectivity index (χ1v) is 4.06. The van der Waals surface area contributed by atoms with Crippen molar-refractivity contribution in [2.24, 2.45) is 0 Å². The van der Waals surface area contributed by atoms with Crippen molar-refractivity contribution in [1.82, 2.24) is 0 Å². The van der Waals surface area contributed by atoms with Crippen LogP contribution in [0.5, 0.6) is 5.75 Å². The molecule has 1 rings (SSSR count). The Bertz CT molecular complexity index is 331. The topological polar surface area (TPSA) is 37.3 Å². The maximum absolute atomic E-state index is 11.1. The fraction of sp³-hybridized carbons (Fsp3) is 0.300. The molecular formula is C10H14CaO2. The minimum absolute atomic E-state index is 0. The van der Waals surface area contributed by atoms with Crippen LogP contribution in [-0.2, 0) is 6.42 Å². The maximum atomic E-state index is 11.1. The Kier molecular flexibility index (Phi) is 6.39. The molecule has 2 nitrogen and oxygen atoms in total. The maximum Gasteiger partial charge on any atom is 2.00 e. The van der Waals surface area contributed by atoms with Crippen molar-refractivity contribution >= 4 is 37.7 Å². The molecular weight excluding hydrogens is 192 g/mol. The van der Waals surface area contributed by atoms with Gasteiger partial charge in [0.2, 0.25) is 5.43 Å². The third kappa shape index (κ3) is 4.12. The molecule has 3 heteroatoms. The zero-order valence-electron chi connectivity index (χ0n) is 9.79. The van der Waals surface area contributed by atoms with Crippen LogP contribution in [0.4, 0.5) is 0 Å². The average molecular weight is 206 g/mol. The zero-order valence-corrected chi connectivity index (χ0v) is 9.99. The van der Waals surface area contributed by atoms with E-state index in [1.165, 1.54) is 12.1 Å². The molecule has 0 aliphatic rings. The second-order valence-electron chi connectivity index (χ2n) is 2.74. The number of hydrogen-bond donors (Lipinski definition) is 1. The van der Waals surface area contributed by atoms with Gasteiger partial charge in [-0.3, -0.25) is 4.79 Å². The van der Waals surface area contributed by atoms with Crippen molar-refractivity contribution in [1.29, 1.82) is 0 Å². The molecule has 1 aromatic rings. The largest absolute Gasteiger partial charge is 2.00 e. The summed E-state index contributed by atoms with van der Waals surface area (Å²) >= 11 is 0. The molecule has 0 aliphatic carbocycles. The Hall–Kier alpha value is -0.0503. The van der Waals surface area contributed by atoms with Gasteiger partial charge in [0.1, 0.15) is 0 Å². The van der Waals surface area contributed by atoms with E-state index in [1.807, 2.05) is 6.07 Å².